The van der Waals surface area contributed by atoms with E-state index in [2.05, 4.69) is 0 Å². The molecular formula is C8H14Cl2O4. The maximum Gasteiger partial charge on any atom is 0.321 e. The molecule has 6 heteroatoms. The van der Waals surface area contributed by atoms with Gasteiger partial charge in [0.2, 0.25) is 0 Å². The minimum Gasteiger partial charge on any atom is -0.480 e. The third-order valence-corrected chi connectivity index (χ3v) is 1.74. The highest BCUT2D eigenvalue weighted by Crippen LogP contribution is 2.03. The summed E-state index contributed by atoms with van der Waals surface area (Å²) in [6.07, 6.45) is 1.37. The van der Waals surface area contributed by atoms with Gasteiger partial charge in [-0.05, 0) is 13.3 Å². The lowest BCUT2D eigenvalue weighted by molar-refractivity contribution is -0.137. The molecule has 0 bridgehead atoms. The molecule has 84 valence electrons. The molecule has 0 radical (unpaired) electrons. The van der Waals surface area contributed by atoms with Crippen LogP contribution in [0.25, 0.3) is 0 Å². The van der Waals surface area contributed by atoms with Gasteiger partial charge in [-0.1, -0.05) is 13.3 Å². The zero-order chi connectivity index (χ0) is 11.7. The first-order chi connectivity index (χ1) is 6.32. The molecule has 0 saturated heterocycles. The van der Waals surface area contributed by atoms with E-state index in [4.69, 9.17) is 33.4 Å². The van der Waals surface area contributed by atoms with Crippen LogP contribution < -0.4 is 0 Å². The van der Waals surface area contributed by atoms with Gasteiger partial charge in [0, 0.05) is 0 Å². The van der Waals surface area contributed by atoms with Gasteiger partial charge in [-0.25, -0.2) is 0 Å². The number of hydrogen-bond donors (Lipinski definition) is 2. The first kappa shape index (κ1) is 16.0. The first-order valence-electron chi connectivity index (χ1n) is 4.06. The molecule has 0 aromatic heterocycles. The van der Waals surface area contributed by atoms with Crippen molar-refractivity contribution in [3.05, 3.63) is 0 Å². The highest BCUT2D eigenvalue weighted by molar-refractivity contribution is 6.29. The van der Waals surface area contributed by atoms with Crippen molar-refractivity contribution in [2.24, 2.45) is 0 Å². The van der Waals surface area contributed by atoms with Gasteiger partial charge >= 0.3 is 11.9 Å². The standard InChI is InChI=1S/C5H9ClO2.C3H5ClO2/c1-2-3-4(6)5(7)8;1-2(4)3(5)6/h4H,2-3H2,1H3,(H,7,8);2H,1H3,(H,5,6). The fourth-order valence-electron chi connectivity index (χ4n) is 0.377. The van der Waals surface area contributed by atoms with Crippen molar-refractivity contribution >= 4 is 35.1 Å². The summed E-state index contributed by atoms with van der Waals surface area (Å²) < 4.78 is 0. The van der Waals surface area contributed by atoms with Gasteiger partial charge in [-0.2, -0.15) is 0 Å². The molecule has 14 heavy (non-hydrogen) atoms. The third-order valence-electron chi connectivity index (χ3n) is 1.15. The number of rotatable bonds is 4. The van der Waals surface area contributed by atoms with E-state index in [1.807, 2.05) is 6.92 Å². The lowest BCUT2D eigenvalue weighted by atomic mass is 10.2. The number of carboxylic acid groups (broad SMARTS) is 2. The fraction of sp³-hybridized carbons (Fsp3) is 0.750. The van der Waals surface area contributed by atoms with Crippen LogP contribution in [-0.2, 0) is 9.59 Å². The summed E-state index contributed by atoms with van der Waals surface area (Å²) in [6.45, 7) is 3.31. The smallest absolute Gasteiger partial charge is 0.321 e. The summed E-state index contributed by atoms with van der Waals surface area (Å²) in [5.41, 5.74) is 0. The molecule has 0 fully saturated rings. The Hall–Kier alpha value is -0.480. The Morgan fingerprint density at radius 2 is 1.57 bits per heavy atom. The van der Waals surface area contributed by atoms with E-state index in [-0.39, 0.29) is 0 Å². The number of hydrogen-bond acceptors (Lipinski definition) is 2. The van der Waals surface area contributed by atoms with Gasteiger partial charge in [0.05, 0.1) is 0 Å². The summed E-state index contributed by atoms with van der Waals surface area (Å²) in [4.78, 5) is 19.5. The lowest BCUT2D eigenvalue weighted by Gasteiger charge is -1.97. The van der Waals surface area contributed by atoms with E-state index < -0.39 is 22.7 Å². The normalized spacial score (nSPS) is 13.4. The maximum atomic E-state index is 9.96. The van der Waals surface area contributed by atoms with Crippen LogP contribution in [-0.4, -0.2) is 32.9 Å². The van der Waals surface area contributed by atoms with Crippen LogP contribution >= 0.6 is 23.2 Å². The van der Waals surface area contributed by atoms with Crippen molar-refractivity contribution in [1.29, 1.82) is 0 Å². The zero-order valence-electron chi connectivity index (χ0n) is 8.04. The number of carboxylic acids is 2. The Labute approximate surface area is 92.8 Å². The highest BCUT2D eigenvalue weighted by atomic mass is 35.5. The van der Waals surface area contributed by atoms with Gasteiger partial charge < -0.3 is 10.2 Å². The molecule has 0 heterocycles. The largest absolute Gasteiger partial charge is 0.480 e. The summed E-state index contributed by atoms with van der Waals surface area (Å²) in [5.74, 6) is -1.90. The molecule has 0 aliphatic carbocycles. The van der Waals surface area contributed by atoms with Gasteiger partial charge in [0.15, 0.2) is 0 Å². The van der Waals surface area contributed by atoms with E-state index in [0.29, 0.717) is 6.42 Å². The van der Waals surface area contributed by atoms with E-state index in [1.54, 1.807) is 0 Å². The first-order valence-corrected chi connectivity index (χ1v) is 4.93. The Morgan fingerprint density at radius 1 is 1.21 bits per heavy atom. The fourth-order valence-corrected chi connectivity index (χ4v) is 0.595. The molecule has 0 aliphatic rings. The molecule has 0 rings (SSSR count). The van der Waals surface area contributed by atoms with Crippen LogP contribution in [0.5, 0.6) is 0 Å². The molecule has 2 atom stereocenters. The summed E-state index contributed by atoms with van der Waals surface area (Å²) in [5, 5.41) is 14.6. The molecular weight excluding hydrogens is 231 g/mol. The van der Waals surface area contributed by atoms with Crippen LogP contribution in [0.4, 0.5) is 0 Å². The van der Waals surface area contributed by atoms with Crippen molar-refractivity contribution in [2.45, 2.75) is 37.4 Å². The summed E-state index contributed by atoms with van der Waals surface area (Å²) >= 11 is 10.3. The van der Waals surface area contributed by atoms with Crippen molar-refractivity contribution < 1.29 is 19.8 Å². The lowest BCUT2D eigenvalue weighted by Crippen LogP contribution is -2.11. The average Bonchev–Trinajstić information content (AvgIpc) is 2.05. The number of carbonyl (C=O) groups is 2. The number of aliphatic carboxylic acids is 2. The second-order valence-electron chi connectivity index (χ2n) is 2.55. The van der Waals surface area contributed by atoms with Gasteiger partial charge in [0.25, 0.3) is 0 Å². The minimum atomic E-state index is -0.975. The van der Waals surface area contributed by atoms with Crippen molar-refractivity contribution in [2.75, 3.05) is 0 Å². The molecule has 0 aliphatic heterocycles. The Bertz CT molecular complexity index is 182. The molecule has 2 N–H and O–H groups in total. The molecule has 0 aromatic carbocycles. The average molecular weight is 245 g/mol. The second-order valence-corrected chi connectivity index (χ2v) is 3.73. The molecule has 0 aromatic rings. The van der Waals surface area contributed by atoms with Crippen LogP contribution in [0.2, 0.25) is 0 Å². The molecule has 0 spiro atoms. The Morgan fingerprint density at radius 3 is 1.64 bits per heavy atom. The van der Waals surface area contributed by atoms with Crippen molar-refractivity contribution in [3.63, 3.8) is 0 Å². The van der Waals surface area contributed by atoms with Crippen LogP contribution in [0, 0.1) is 0 Å². The number of halogens is 2. The monoisotopic (exact) mass is 244 g/mol. The molecule has 2 unspecified atom stereocenters. The zero-order valence-corrected chi connectivity index (χ0v) is 9.55. The predicted molar refractivity (Wildman–Crippen MR) is 55.1 cm³/mol. The quantitative estimate of drug-likeness (QED) is 0.744. The Balaban J connectivity index is 0. The second kappa shape index (κ2) is 9.09. The third kappa shape index (κ3) is 11.5. The highest BCUT2D eigenvalue weighted by Gasteiger charge is 2.10. The van der Waals surface area contributed by atoms with Crippen LogP contribution in [0.15, 0.2) is 0 Å². The van der Waals surface area contributed by atoms with Gasteiger partial charge in [0.1, 0.15) is 10.8 Å². The van der Waals surface area contributed by atoms with Gasteiger partial charge in [-0.15, -0.1) is 23.2 Å². The number of alkyl halides is 2. The van der Waals surface area contributed by atoms with E-state index >= 15 is 0 Å². The van der Waals surface area contributed by atoms with E-state index in [1.165, 1.54) is 6.92 Å². The molecule has 0 saturated carbocycles. The molecule has 4 nitrogen and oxygen atoms in total. The SMILES string of the molecule is CC(Cl)C(=O)O.CCCC(Cl)C(=O)O. The Kier molecular flexibility index (Phi) is 10.4. The predicted octanol–water partition coefficient (Wildman–Crippen LogP) is 2.18. The van der Waals surface area contributed by atoms with Crippen LogP contribution in [0.1, 0.15) is 26.7 Å². The maximum absolute atomic E-state index is 9.96. The molecule has 0 amide bonds. The minimum absolute atomic E-state index is 0.552. The van der Waals surface area contributed by atoms with Gasteiger partial charge in [-0.3, -0.25) is 9.59 Å². The van der Waals surface area contributed by atoms with Crippen molar-refractivity contribution in [1.82, 2.24) is 0 Å². The van der Waals surface area contributed by atoms with E-state index in [9.17, 15) is 9.59 Å². The van der Waals surface area contributed by atoms with Crippen LogP contribution in [0.3, 0.4) is 0 Å². The topological polar surface area (TPSA) is 74.6 Å². The van der Waals surface area contributed by atoms with Crippen molar-refractivity contribution in [3.8, 4) is 0 Å². The summed E-state index contributed by atoms with van der Waals surface area (Å²) in [7, 11) is 0. The summed E-state index contributed by atoms with van der Waals surface area (Å²) in [6, 6.07) is 0. The van der Waals surface area contributed by atoms with E-state index in [0.717, 1.165) is 6.42 Å².